The molecule has 0 amide bonds. The zero-order chi connectivity index (χ0) is 23.4. The van der Waals surface area contributed by atoms with Crippen LogP contribution in [0.1, 0.15) is 97.0 Å². The van der Waals surface area contributed by atoms with E-state index >= 15 is 0 Å². The Morgan fingerprint density at radius 1 is 1.09 bits per heavy atom. The highest BCUT2D eigenvalue weighted by molar-refractivity contribution is 5.81. The first-order valence-electron chi connectivity index (χ1n) is 13.3. The molecule has 4 saturated carbocycles. The predicted molar refractivity (Wildman–Crippen MR) is 127 cm³/mol. The lowest BCUT2D eigenvalue weighted by atomic mass is 9.42. The summed E-state index contributed by atoms with van der Waals surface area (Å²) in [6.45, 7) is 7.32. The van der Waals surface area contributed by atoms with E-state index in [-0.39, 0.29) is 17.9 Å². The summed E-state index contributed by atoms with van der Waals surface area (Å²) in [4.78, 5) is 13.5. The molecular formula is C28H41N3O2. The van der Waals surface area contributed by atoms with Gasteiger partial charge in [0, 0.05) is 12.1 Å². The zero-order valence-electron chi connectivity index (χ0n) is 20.7. The minimum Gasteiger partial charge on any atom is -0.390 e. The summed E-state index contributed by atoms with van der Waals surface area (Å²) in [6.07, 6.45) is 15.8. The third-order valence-electron chi connectivity index (χ3n) is 10.9. The van der Waals surface area contributed by atoms with Gasteiger partial charge in [0.2, 0.25) is 0 Å². The van der Waals surface area contributed by atoms with Crippen LogP contribution >= 0.6 is 0 Å². The third kappa shape index (κ3) is 3.87. The Balaban J connectivity index is 1.37. The van der Waals surface area contributed by atoms with Crippen LogP contribution in [-0.2, 0) is 11.3 Å². The predicted octanol–water partition coefficient (Wildman–Crippen LogP) is 5.51. The number of nitriles is 1. The maximum absolute atomic E-state index is 13.5. The van der Waals surface area contributed by atoms with Gasteiger partial charge in [0.05, 0.1) is 23.9 Å². The van der Waals surface area contributed by atoms with Crippen molar-refractivity contribution >= 4 is 5.78 Å². The molecule has 180 valence electrons. The molecule has 5 nitrogen and oxygen atoms in total. The summed E-state index contributed by atoms with van der Waals surface area (Å²) in [5.41, 5.74) is 0.438. The van der Waals surface area contributed by atoms with Crippen LogP contribution in [0.25, 0.3) is 0 Å². The summed E-state index contributed by atoms with van der Waals surface area (Å²) in [5.74, 6) is 3.13. The van der Waals surface area contributed by atoms with Crippen molar-refractivity contribution in [3.05, 3.63) is 18.0 Å². The highest BCUT2D eigenvalue weighted by atomic mass is 16.3. The van der Waals surface area contributed by atoms with E-state index in [2.05, 4.69) is 31.9 Å². The van der Waals surface area contributed by atoms with Crippen LogP contribution in [0.3, 0.4) is 0 Å². The number of aliphatic hydroxyl groups is 1. The maximum Gasteiger partial charge on any atom is 0.157 e. The van der Waals surface area contributed by atoms with E-state index in [9.17, 15) is 9.90 Å². The van der Waals surface area contributed by atoms with E-state index in [0.717, 1.165) is 50.4 Å². The van der Waals surface area contributed by atoms with Crippen molar-refractivity contribution in [2.45, 2.75) is 104 Å². The molecule has 4 fully saturated rings. The molecule has 1 aromatic heterocycles. The highest BCUT2D eigenvalue weighted by Crippen LogP contribution is 2.66. The number of aromatic nitrogens is 2. The van der Waals surface area contributed by atoms with Gasteiger partial charge in [0.25, 0.3) is 0 Å². The van der Waals surface area contributed by atoms with E-state index in [0.29, 0.717) is 28.6 Å². The Hall–Kier alpha value is -1.67. The highest BCUT2D eigenvalue weighted by Gasteiger charge is 2.59. The minimum atomic E-state index is -0.501. The Bertz CT molecular complexity index is 945. The van der Waals surface area contributed by atoms with Crippen LogP contribution in [0.2, 0.25) is 0 Å². The van der Waals surface area contributed by atoms with Crippen molar-refractivity contribution in [1.29, 1.82) is 5.26 Å². The van der Waals surface area contributed by atoms with Crippen molar-refractivity contribution < 1.29 is 9.90 Å². The normalized spacial score (nSPS) is 45.1. The van der Waals surface area contributed by atoms with Crippen LogP contribution in [0.15, 0.2) is 12.4 Å². The Morgan fingerprint density at radius 2 is 1.88 bits per heavy atom. The van der Waals surface area contributed by atoms with E-state index in [4.69, 9.17) is 5.26 Å². The number of ketones is 1. The van der Waals surface area contributed by atoms with Gasteiger partial charge in [0.1, 0.15) is 6.07 Å². The van der Waals surface area contributed by atoms with E-state index in [1.54, 1.807) is 17.1 Å². The number of Topliss-reactive ketones (excluding diaryl/α,β-unsaturated/α-hetero) is 1. The summed E-state index contributed by atoms with van der Waals surface area (Å²) >= 11 is 0. The monoisotopic (exact) mass is 451 g/mol. The van der Waals surface area contributed by atoms with Gasteiger partial charge in [0.15, 0.2) is 5.78 Å². The molecule has 0 spiro atoms. The summed E-state index contributed by atoms with van der Waals surface area (Å²) in [5, 5.41) is 24.2. The Kier molecular flexibility index (Phi) is 5.75. The number of hydrogen-bond donors (Lipinski definition) is 1. The number of nitrogens with zero attached hydrogens (tertiary/aromatic N) is 3. The lowest BCUT2D eigenvalue weighted by molar-refractivity contribution is -0.153. The molecular weight excluding hydrogens is 410 g/mol. The Labute approximate surface area is 198 Å². The zero-order valence-corrected chi connectivity index (χ0v) is 20.7. The minimum absolute atomic E-state index is 0.0845. The van der Waals surface area contributed by atoms with E-state index in [1.165, 1.54) is 32.1 Å². The first-order valence-corrected chi connectivity index (χ1v) is 13.3. The SMILES string of the molecule is C[C@@]1(O)CCC[C@@]2(C)[C@H](CC[C@@H]3[C@@H]2CC[C@]2(C)[C@@H](C(=O)Cn4cc(C#N)cn4)CCC[C@@H]32)C1. The molecule has 1 N–H and O–H groups in total. The molecule has 5 rings (SSSR count). The van der Waals surface area contributed by atoms with Crippen molar-refractivity contribution in [3.63, 3.8) is 0 Å². The number of carbonyl (C=O) groups is 1. The fourth-order valence-electron chi connectivity index (χ4n) is 9.24. The molecule has 1 heterocycles. The average Bonchev–Trinajstić information content (AvgIpc) is 3.17. The van der Waals surface area contributed by atoms with Gasteiger partial charge in [-0.25, -0.2) is 0 Å². The largest absolute Gasteiger partial charge is 0.390 e. The molecule has 8 atom stereocenters. The number of rotatable bonds is 3. The number of fused-ring (bicyclic) bond motifs is 5. The molecule has 4 aliphatic carbocycles. The smallest absolute Gasteiger partial charge is 0.157 e. The Morgan fingerprint density at radius 3 is 2.64 bits per heavy atom. The number of carbonyl (C=O) groups excluding carboxylic acids is 1. The van der Waals surface area contributed by atoms with Gasteiger partial charge in [-0.15, -0.1) is 0 Å². The molecule has 0 radical (unpaired) electrons. The second-order valence-electron chi connectivity index (χ2n) is 12.7. The molecule has 5 heteroatoms. The third-order valence-corrected chi connectivity index (χ3v) is 10.9. The first-order chi connectivity index (χ1) is 15.7. The van der Waals surface area contributed by atoms with Gasteiger partial charge < -0.3 is 5.11 Å². The van der Waals surface area contributed by atoms with Crippen LogP contribution in [0, 0.1) is 51.8 Å². The summed E-state index contributed by atoms with van der Waals surface area (Å²) < 4.78 is 1.66. The fraction of sp³-hybridized carbons (Fsp3) is 0.821. The van der Waals surface area contributed by atoms with Gasteiger partial charge in [-0.1, -0.05) is 26.7 Å². The number of hydrogen-bond acceptors (Lipinski definition) is 4. The summed E-state index contributed by atoms with van der Waals surface area (Å²) in [6, 6.07) is 2.11. The summed E-state index contributed by atoms with van der Waals surface area (Å²) in [7, 11) is 0. The van der Waals surface area contributed by atoms with E-state index < -0.39 is 5.60 Å². The van der Waals surface area contributed by atoms with Crippen molar-refractivity contribution in [2.75, 3.05) is 0 Å². The van der Waals surface area contributed by atoms with Crippen LogP contribution < -0.4 is 0 Å². The molecule has 33 heavy (non-hydrogen) atoms. The van der Waals surface area contributed by atoms with Crippen LogP contribution in [-0.4, -0.2) is 26.3 Å². The maximum atomic E-state index is 13.5. The van der Waals surface area contributed by atoms with Crippen LogP contribution in [0.5, 0.6) is 0 Å². The molecule has 0 saturated heterocycles. The molecule has 0 aromatic carbocycles. The average molecular weight is 452 g/mol. The van der Waals surface area contributed by atoms with Gasteiger partial charge in [-0.3, -0.25) is 9.48 Å². The topological polar surface area (TPSA) is 78.9 Å². The van der Waals surface area contributed by atoms with Crippen molar-refractivity contribution in [2.24, 2.45) is 40.4 Å². The fourth-order valence-corrected chi connectivity index (χ4v) is 9.24. The second-order valence-corrected chi connectivity index (χ2v) is 12.7. The molecule has 1 aromatic rings. The van der Waals surface area contributed by atoms with Crippen LogP contribution in [0.4, 0.5) is 0 Å². The lowest BCUT2D eigenvalue weighted by Gasteiger charge is -2.62. The lowest BCUT2D eigenvalue weighted by Crippen LogP contribution is -2.56. The molecule has 0 unspecified atom stereocenters. The molecule has 4 aliphatic rings. The van der Waals surface area contributed by atoms with Gasteiger partial charge >= 0.3 is 0 Å². The quantitative estimate of drug-likeness (QED) is 0.657. The van der Waals surface area contributed by atoms with Crippen molar-refractivity contribution in [3.8, 4) is 6.07 Å². The van der Waals surface area contributed by atoms with Crippen molar-refractivity contribution in [1.82, 2.24) is 9.78 Å². The second kappa shape index (κ2) is 8.22. The first kappa shape index (κ1) is 23.1. The molecule has 0 aliphatic heterocycles. The van der Waals surface area contributed by atoms with Gasteiger partial charge in [-0.05, 0) is 99.2 Å². The standard InChI is InChI=1S/C28H41N3O2/c1-26(33)11-5-12-27(2)20(14-26)8-9-21-22-6-4-7-24(28(22,3)13-10-23(21)27)25(32)18-31-17-19(15-29)16-30-31/h16-17,20-24,33H,4-14,18H2,1-3H3/t20-,21+,22+,23+,24-,26-,27+,28+/m1/s1. The molecule has 0 bridgehead atoms. The van der Waals surface area contributed by atoms with E-state index in [1.807, 2.05) is 0 Å². The van der Waals surface area contributed by atoms with Gasteiger partial charge in [-0.2, -0.15) is 10.4 Å².